The summed E-state index contributed by atoms with van der Waals surface area (Å²) >= 11 is 6.50. The predicted octanol–water partition coefficient (Wildman–Crippen LogP) is 7.62. The van der Waals surface area contributed by atoms with Gasteiger partial charge in [0.2, 0.25) is 0 Å². The molecule has 37 heavy (non-hydrogen) atoms. The summed E-state index contributed by atoms with van der Waals surface area (Å²) in [5, 5.41) is 10.5. The van der Waals surface area contributed by atoms with Gasteiger partial charge in [-0.2, -0.15) is 0 Å². The topological polar surface area (TPSA) is 53.7 Å². The number of hydrogen-bond donors (Lipinski definition) is 1. The van der Waals surface area contributed by atoms with Crippen molar-refractivity contribution in [3.05, 3.63) is 106 Å². The second-order valence-electron chi connectivity index (χ2n) is 8.98. The molecule has 0 aliphatic carbocycles. The van der Waals surface area contributed by atoms with Crippen molar-refractivity contribution in [2.45, 2.75) is 38.9 Å². The van der Waals surface area contributed by atoms with Gasteiger partial charge in [0.15, 0.2) is 0 Å². The minimum atomic E-state index is -0.866. The Balaban J connectivity index is 0.00000186. The number of rotatable bonds is 11. The van der Waals surface area contributed by atoms with E-state index in [2.05, 4.69) is 24.0 Å². The van der Waals surface area contributed by atoms with Gasteiger partial charge >= 0.3 is 5.97 Å². The zero-order valence-electron chi connectivity index (χ0n) is 21.1. The van der Waals surface area contributed by atoms with Crippen molar-refractivity contribution in [3.8, 4) is 0 Å². The third-order valence-electron chi connectivity index (χ3n) is 6.26. The van der Waals surface area contributed by atoms with Gasteiger partial charge in [-0.1, -0.05) is 79.2 Å². The van der Waals surface area contributed by atoms with Crippen LogP contribution in [0.5, 0.6) is 0 Å². The second-order valence-corrected chi connectivity index (χ2v) is 9.35. The number of benzene rings is 3. The molecule has 1 atom stereocenters. The second kappa shape index (κ2) is 13.9. The standard InChI is InChI=1S/C29H29ClFNO3.CH3F/c1-20(22-6-3-2-4-7-22)18-32(19-25-9-5-8-24(17-31)29(25)30)13-12-26-16-23-11-10-21(15-28(33)34)14-27(23)35-26;1-2/h2-11,14,16,20H,12-13,15,17-19H2,1H3,(H,33,34);1H3. The number of hydrogen-bond acceptors (Lipinski definition) is 3. The number of nitrogens with zero attached hydrogens (tertiary/aromatic N) is 1. The van der Waals surface area contributed by atoms with Crippen molar-refractivity contribution in [3.63, 3.8) is 0 Å². The SMILES string of the molecule is CC(CN(CCc1cc2ccc(CC(=O)O)cc2o1)Cc1cccc(CF)c1Cl)c1ccccc1.CF. The first-order chi connectivity index (χ1) is 17.9. The summed E-state index contributed by atoms with van der Waals surface area (Å²) in [4.78, 5) is 13.3. The molecule has 1 unspecified atom stereocenters. The van der Waals surface area contributed by atoms with Gasteiger partial charge in [0.05, 0.1) is 18.6 Å². The summed E-state index contributed by atoms with van der Waals surface area (Å²) in [6.45, 7) is 3.76. The molecule has 4 rings (SSSR count). The van der Waals surface area contributed by atoms with Crippen LogP contribution < -0.4 is 0 Å². The molecule has 3 aromatic carbocycles. The smallest absolute Gasteiger partial charge is 0.307 e. The number of alkyl halides is 2. The van der Waals surface area contributed by atoms with E-state index in [4.69, 9.17) is 21.1 Å². The molecule has 0 amide bonds. The minimum absolute atomic E-state index is 0.0319. The number of carbonyl (C=O) groups is 1. The summed E-state index contributed by atoms with van der Waals surface area (Å²) in [5.41, 5.74) is 4.09. The van der Waals surface area contributed by atoms with Crippen LogP contribution in [0.25, 0.3) is 11.0 Å². The monoisotopic (exact) mass is 527 g/mol. The van der Waals surface area contributed by atoms with Gasteiger partial charge in [-0.15, -0.1) is 0 Å². The highest BCUT2D eigenvalue weighted by molar-refractivity contribution is 6.32. The number of carboxylic acid groups (broad SMARTS) is 1. The highest BCUT2D eigenvalue weighted by atomic mass is 35.5. The molecule has 0 fully saturated rings. The lowest BCUT2D eigenvalue weighted by atomic mass is 10.00. The highest BCUT2D eigenvalue weighted by Crippen LogP contribution is 2.26. The lowest BCUT2D eigenvalue weighted by molar-refractivity contribution is -0.136. The third kappa shape index (κ3) is 7.88. The Bertz CT molecular complexity index is 1290. The van der Waals surface area contributed by atoms with Crippen LogP contribution in [-0.4, -0.2) is 36.2 Å². The van der Waals surface area contributed by atoms with Gasteiger partial charge < -0.3 is 9.52 Å². The Labute approximate surface area is 221 Å². The van der Waals surface area contributed by atoms with Gasteiger partial charge in [-0.05, 0) is 34.7 Å². The van der Waals surface area contributed by atoms with Crippen LogP contribution in [0.15, 0.2) is 77.2 Å². The molecule has 0 radical (unpaired) electrons. The fourth-order valence-corrected chi connectivity index (χ4v) is 4.65. The lowest BCUT2D eigenvalue weighted by Gasteiger charge is -2.26. The zero-order chi connectivity index (χ0) is 26.8. The van der Waals surface area contributed by atoms with E-state index in [1.54, 1.807) is 12.1 Å². The number of carboxylic acids is 1. The van der Waals surface area contributed by atoms with Crippen molar-refractivity contribution in [2.75, 3.05) is 20.3 Å². The zero-order valence-corrected chi connectivity index (χ0v) is 21.8. The molecular weight excluding hydrogens is 496 g/mol. The predicted molar refractivity (Wildman–Crippen MR) is 145 cm³/mol. The van der Waals surface area contributed by atoms with Crippen molar-refractivity contribution in [1.82, 2.24) is 4.90 Å². The molecule has 0 bridgehead atoms. The van der Waals surface area contributed by atoms with Gasteiger partial charge in [0.25, 0.3) is 0 Å². The highest BCUT2D eigenvalue weighted by Gasteiger charge is 2.16. The van der Waals surface area contributed by atoms with Crippen LogP contribution in [0.2, 0.25) is 5.02 Å². The van der Waals surface area contributed by atoms with Gasteiger partial charge in [0, 0.05) is 37.0 Å². The Kier molecular flexibility index (Phi) is 10.7. The van der Waals surface area contributed by atoms with E-state index >= 15 is 0 Å². The molecule has 7 heteroatoms. The van der Waals surface area contributed by atoms with E-state index < -0.39 is 12.6 Å². The molecule has 0 aliphatic heterocycles. The average molecular weight is 528 g/mol. The van der Waals surface area contributed by atoms with E-state index in [-0.39, 0.29) is 6.42 Å². The van der Waals surface area contributed by atoms with E-state index in [1.807, 2.05) is 48.5 Å². The lowest BCUT2D eigenvalue weighted by Crippen LogP contribution is -2.30. The molecule has 0 saturated heterocycles. The van der Waals surface area contributed by atoms with Crippen LogP contribution >= 0.6 is 11.6 Å². The van der Waals surface area contributed by atoms with Crippen LogP contribution in [-0.2, 0) is 30.9 Å². The van der Waals surface area contributed by atoms with Gasteiger partial charge in [-0.3, -0.25) is 14.1 Å². The molecule has 4 aromatic rings. The maximum absolute atomic E-state index is 13.4. The average Bonchev–Trinajstić information content (AvgIpc) is 3.32. The minimum Gasteiger partial charge on any atom is -0.481 e. The molecule has 0 aliphatic rings. The Morgan fingerprint density at radius 2 is 1.76 bits per heavy atom. The number of furan rings is 1. The Hall–Kier alpha value is -3.22. The first-order valence-corrected chi connectivity index (χ1v) is 12.5. The molecule has 0 saturated carbocycles. The maximum Gasteiger partial charge on any atom is 0.307 e. The number of halogens is 3. The van der Waals surface area contributed by atoms with E-state index in [1.165, 1.54) is 5.56 Å². The normalized spacial score (nSPS) is 11.8. The van der Waals surface area contributed by atoms with Crippen LogP contribution in [0.1, 0.15) is 40.9 Å². The fourth-order valence-electron chi connectivity index (χ4n) is 4.42. The molecule has 196 valence electrons. The molecule has 1 N–H and O–H groups in total. The number of fused-ring (bicyclic) bond motifs is 1. The summed E-state index contributed by atoms with van der Waals surface area (Å²) in [6.07, 6.45) is 0.653. The maximum atomic E-state index is 13.4. The fraction of sp³-hybridized carbons (Fsp3) is 0.300. The molecule has 1 aromatic heterocycles. The Morgan fingerprint density at radius 3 is 2.46 bits per heavy atom. The van der Waals surface area contributed by atoms with Crippen molar-refractivity contribution in [2.24, 2.45) is 0 Å². The summed E-state index contributed by atoms with van der Waals surface area (Å²) in [5.74, 6) is 0.275. The Morgan fingerprint density at radius 1 is 1.03 bits per heavy atom. The molecular formula is C30H32ClF2NO3. The first kappa shape index (κ1) is 28.4. The summed E-state index contributed by atoms with van der Waals surface area (Å²) < 4.78 is 28.9. The molecule has 0 spiro atoms. The summed E-state index contributed by atoms with van der Waals surface area (Å²) in [7, 11) is 0.500. The van der Waals surface area contributed by atoms with E-state index in [0.717, 1.165) is 29.8 Å². The van der Waals surface area contributed by atoms with Gasteiger partial charge in [-0.25, -0.2) is 4.39 Å². The summed E-state index contributed by atoms with van der Waals surface area (Å²) in [6, 6.07) is 23.4. The van der Waals surface area contributed by atoms with Crippen LogP contribution in [0.3, 0.4) is 0 Å². The quantitative estimate of drug-likeness (QED) is 0.218. The number of aliphatic carboxylic acids is 1. The van der Waals surface area contributed by atoms with E-state index in [9.17, 15) is 13.6 Å². The molecule has 4 nitrogen and oxygen atoms in total. The van der Waals surface area contributed by atoms with Crippen molar-refractivity contribution in [1.29, 1.82) is 0 Å². The van der Waals surface area contributed by atoms with Gasteiger partial charge in [0.1, 0.15) is 18.0 Å². The van der Waals surface area contributed by atoms with Crippen LogP contribution in [0.4, 0.5) is 8.78 Å². The van der Waals surface area contributed by atoms with Crippen molar-refractivity contribution < 1.29 is 23.1 Å². The largest absolute Gasteiger partial charge is 0.481 e. The van der Waals surface area contributed by atoms with Crippen LogP contribution in [0, 0.1) is 0 Å². The third-order valence-corrected chi connectivity index (χ3v) is 6.75. The van der Waals surface area contributed by atoms with E-state index in [0.29, 0.717) is 47.8 Å². The van der Waals surface area contributed by atoms with Crippen molar-refractivity contribution >= 4 is 28.5 Å². The first-order valence-electron chi connectivity index (χ1n) is 12.1. The molecule has 1 heterocycles.